The molecule has 2 aromatic heterocycles. The van der Waals surface area contributed by atoms with Crippen LogP contribution >= 0.6 is 11.3 Å². The molecular weight excluding hydrogens is 340 g/mol. The predicted octanol–water partition coefficient (Wildman–Crippen LogP) is 3.93. The van der Waals surface area contributed by atoms with Gasteiger partial charge in [0.15, 0.2) is 22.3 Å². The van der Waals surface area contributed by atoms with Gasteiger partial charge < -0.3 is 19.2 Å². The van der Waals surface area contributed by atoms with Crippen LogP contribution in [-0.2, 0) is 0 Å². The third-order valence-corrected chi connectivity index (χ3v) is 4.97. The van der Waals surface area contributed by atoms with Crippen molar-refractivity contribution in [2.24, 2.45) is 0 Å². The monoisotopic (exact) mass is 356 g/mol. The molecule has 3 aromatic rings. The molecule has 1 N–H and O–H groups in total. The summed E-state index contributed by atoms with van der Waals surface area (Å²) in [5.41, 5.74) is 1.36. The number of aryl methyl sites for hydroxylation is 1. The summed E-state index contributed by atoms with van der Waals surface area (Å²) < 4.78 is 16.0. The van der Waals surface area contributed by atoms with Gasteiger partial charge in [0.2, 0.25) is 6.79 Å². The highest BCUT2D eigenvalue weighted by Gasteiger charge is 2.21. The van der Waals surface area contributed by atoms with E-state index in [-0.39, 0.29) is 18.7 Å². The minimum absolute atomic E-state index is 0.185. The van der Waals surface area contributed by atoms with Gasteiger partial charge >= 0.3 is 0 Å². The first-order chi connectivity index (χ1) is 12.1. The Kier molecular flexibility index (Phi) is 3.93. The van der Waals surface area contributed by atoms with Crippen LogP contribution in [0.1, 0.15) is 33.9 Å². The Hall–Kier alpha value is -2.80. The molecule has 1 unspecified atom stereocenters. The zero-order valence-electron chi connectivity index (χ0n) is 13.7. The molecule has 4 rings (SSSR count). The highest BCUT2D eigenvalue weighted by Crippen LogP contribution is 2.34. The van der Waals surface area contributed by atoms with Crippen molar-refractivity contribution in [2.45, 2.75) is 19.9 Å². The first-order valence-electron chi connectivity index (χ1n) is 7.83. The number of furan rings is 1. The fourth-order valence-electron chi connectivity index (χ4n) is 2.64. The fraction of sp³-hybridized carbons (Fsp3) is 0.222. The standard InChI is InChI=1S/C18H16N2O4S/c1-10(12-5-6-13-15(8-12)24-9-23-13)19-17(21)16-11(2)25-18(20-16)14-4-3-7-22-14/h3-8,10H,9H2,1-2H3,(H,19,21). The topological polar surface area (TPSA) is 73.6 Å². The summed E-state index contributed by atoms with van der Waals surface area (Å²) in [6, 6.07) is 9.09. The molecule has 1 aromatic carbocycles. The summed E-state index contributed by atoms with van der Waals surface area (Å²) in [7, 11) is 0. The molecule has 0 saturated heterocycles. The molecule has 3 heterocycles. The van der Waals surface area contributed by atoms with Gasteiger partial charge in [-0.05, 0) is 43.7 Å². The lowest BCUT2D eigenvalue weighted by Gasteiger charge is -2.14. The van der Waals surface area contributed by atoms with Crippen LogP contribution in [0.2, 0.25) is 0 Å². The van der Waals surface area contributed by atoms with Gasteiger partial charge in [0, 0.05) is 4.88 Å². The quantitative estimate of drug-likeness (QED) is 0.767. The van der Waals surface area contributed by atoms with E-state index in [0.717, 1.165) is 16.2 Å². The first kappa shape index (κ1) is 15.7. The number of carbonyl (C=O) groups excluding carboxylic acids is 1. The number of thiazole rings is 1. The molecular formula is C18H16N2O4S. The van der Waals surface area contributed by atoms with Crippen LogP contribution in [0.4, 0.5) is 0 Å². The van der Waals surface area contributed by atoms with E-state index in [1.54, 1.807) is 12.3 Å². The summed E-state index contributed by atoms with van der Waals surface area (Å²) in [5.74, 6) is 1.87. The summed E-state index contributed by atoms with van der Waals surface area (Å²) in [6.45, 7) is 4.03. The number of carbonyl (C=O) groups is 1. The van der Waals surface area contributed by atoms with Crippen molar-refractivity contribution in [2.75, 3.05) is 6.79 Å². The van der Waals surface area contributed by atoms with Crippen LogP contribution in [0.3, 0.4) is 0 Å². The summed E-state index contributed by atoms with van der Waals surface area (Å²) in [5, 5.41) is 3.68. The summed E-state index contributed by atoms with van der Waals surface area (Å²) >= 11 is 1.44. The van der Waals surface area contributed by atoms with E-state index in [0.29, 0.717) is 22.2 Å². The van der Waals surface area contributed by atoms with Gasteiger partial charge in [-0.3, -0.25) is 4.79 Å². The predicted molar refractivity (Wildman–Crippen MR) is 93.0 cm³/mol. The Bertz CT molecular complexity index is 917. The Morgan fingerprint density at radius 1 is 1.28 bits per heavy atom. The summed E-state index contributed by atoms with van der Waals surface area (Å²) in [6.07, 6.45) is 1.59. The Balaban J connectivity index is 1.52. The van der Waals surface area contributed by atoms with Crippen molar-refractivity contribution in [3.8, 4) is 22.3 Å². The lowest BCUT2D eigenvalue weighted by atomic mass is 10.1. The highest BCUT2D eigenvalue weighted by molar-refractivity contribution is 7.15. The van der Waals surface area contributed by atoms with E-state index < -0.39 is 0 Å². The molecule has 6 nitrogen and oxygen atoms in total. The zero-order valence-corrected chi connectivity index (χ0v) is 14.6. The molecule has 0 fully saturated rings. The largest absolute Gasteiger partial charge is 0.462 e. The molecule has 0 radical (unpaired) electrons. The average Bonchev–Trinajstić information content (AvgIpc) is 3.34. The number of aromatic nitrogens is 1. The number of rotatable bonds is 4. The molecule has 0 bridgehead atoms. The maximum absolute atomic E-state index is 12.6. The fourth-order valence-corrected chi connectivity index (χ4v) is 3.52. The number of amides is 1. The van der Waals surface area contributed by atoms with Crippen LogP contribution in [-0.4, -0.2) is 17.7 Å². The molecule has 1 aliphatic heterocycles. The van der Waals surface area contributed by atoms with Gasteiger partial charge in [-0.2, -0.15) is 0 Å². The van der Waals surface area contributed by atoms with E-state index in [2.05, 4.69) is 10.3 Å². The number of benzene rings is 1. The van der Waals surface area contributed by atoms with E-state index in [9.17, 15) is 4.79 Å². The second-order valence-corrected chi connectivity index (χ2v) is 6.91. The van der Waals surface area contributed by atoms with Crippen LogP contribution in [0.5, 0.6) is 11.5 Å². The van der Waals surface area contributed by atoms with Gasteiger partial charge in [0.25, 0.3) is 5.91 Å². The average molecular weight is 356 g/mol. The number of hydrogen-bond donors (Lipinski definition) is 1. The van der Waals surface area contributed by atoms with Crippen LogP contribution in [0, 0.1) is 6.92 Å². The number of nitrogens with one attached hydrogen (secondary N) is 1. The van der Waals surface area contributed by atoms with E-state index in [1.807, 2.05) is 38.1 Å². The first-order valence-corrected chi connectivity index (χ1v) is 8.65. The van der Waals surface area contributed by atoms with Crippen molar-refractivity contribution < 1.29 is 18.7 Å². The lowest BCUT2D eigenvalue weighted by Crippen LogP contribution is -2.27. The van der Waals surface area contributed by atoms with Crippen molar-refractivity contribution in [3.63, 3.8) is 0 Å². The highest BCUT2D eigenvalue weighted by atomic mass is 32.1. The van der Waals surface area contributed by atoms with E-state index >= 15 is 0 Å². The zero-order chi connectivity index (χ0) is 17.4. The van der Waals surface area contributed by atoms with Crippen molar-refractivity contribution in [3.05, 3.63) is 52.7 Å². The number of ether oxygens (including phenoxy) is 2. The maximum atomic E-state index is 12.6. The SMILES string of the molecule is Cc1sc(-c2ccco2)nc1C(=O)NC(C)c1ccc2c(c1)OCO2. The van der Waals surface area contributed by atoms with Gasteiger partial charge in [0.05, 0.1) is 12.3 Å². The molecule has 0 spiro atoms. The molecule has 1 aliphatic rings. The third-order valence-electron chi connectivity index (χ3n) is 3.99. The molecule has 1 amide bonds. The number of nitrogens with zero attached hydrogens (tertiary/aromatic N) is 1. The van der Waals surface area contributed by atoms with Crippen molar-refractivity contribution in [1.82, 2.24) is 10.3 Å². The number of hydrogen-bond acceptors (Lipinski definition) is 6. The smallest absolute Gasteiger partial charge is 0.271 e. The van der Waals surface area contributed by atoms with Crippen LogP contribution in [0.15, 0.2) is 41.0 Å². The van der Waals surface area contributed by atoms with Crippen molar-refractivity contribution >= 4 is 17.2 Å². The normalized spacial score (nSPS) is 13.7. The molecule has 1 atom stereocenters. The maximum Gasteiger partial charge on any atom is 0.271 e. The van der Waals surface area contributed by atoms with Gasteiger partial charge in [-0.1, -0.05) is 6.07 Å². The molecule has 128 valence electrons. The molecule has 25 heavy (non-hydrogen) atoms. The minimum atomic E-state index is -0.211. The number of fused-ring (bicyclic) bond motifs is 1. The van der Waals surface area contributed by atoms with Gasteiger partial charge in [0.1, 0.15) is 5.69 Å². The Labute approximate surface area is 148 Å². The van der Waals surface area contributed by atoms with E-state index in [1.165, 1.54) is 11.3 Å². The lowest BCUT2D eigenvalue weighted by molar-refractivity contribution is 0.0935. The molecule has 0 aliphatic carbocycles. The Morgan fingerprint density at radius 3 is 2.92 bits per heavy atom. The van der Waals surface area contributed by atoms with Gasteiger partial charge in [-0.15, -0.1) is 11.3 Å². The summed E-state index contributed by atoms with van der Waals surface area (Å²) in [4.78, 5) is 17.9. The van der Waals surface area contributed by atoms with Gasteiger partial charge in [-0.25, -0.2) is 4.98 Å². The second-order valence-electron chi connectivity index (χ2n) is 5.71. The Morgan fingerprint density at radius 2 is 2.12 bits per heavy atom. The molecule has 7 heteroatoms. The van der Waals surface area contributed by atoms with E-state index in [4.69, 9.17) is 13.9 Å². The van der Waals surface area contributed by atoms with Crippen LogP contribution in [0.25, 0.3) is 10.8 Å². The van der Waals surface area contributed by atoms with Crippen LogP contribution < -0.4 is 14.8 Å². The molecule has 0 saturated carbocycles. The van der Waals surface area contributed by atoms with Crippen molar-refractivity contribution in [1.29, 1.82) is 0 Å². The minimum Gasteiger partial charge on any atom is -0.462 e. The second kappa shape index (κ2) is 6.25. The third kappa shape index (κ3) is 2.98.